The van der Waals surface area contributed by atoms with Gasteiger partial charge in [-0.25, -0.2) is 4.98 Å². The van der Waals surface area contributed by atoms with Gasteiger partial charge in [0.25, 0.3) is 0 Å². The summed E-state index contributed by atoms with van der Waals surface area (Å²) in [5.41, 5.74) is 6.93. The number of benzene rings is 2. The molecule has 1 aliphatic heterocycles. The Hall–Kier alpha value is -2.92. The monoisotopic (exact) mass is 347 g/mol. The van der Waals surface area contributed by atoms with E-state index in [4.69, 9.17) is 10.5 Å². The molecule has 2 aromatic carbocycles. The number of rotatable bonds is 5. The Morgan fingerprint density at radius 2 is 1.81 bits per heavy atom. The lowest BCUT2D eigenvalue weighted by Crippen LogP contribution is -2.18. The second kappa shape index (κ2) is 7.14. The molecule has 1 aliphatic rings. The Bertz CT molecular complexity index is 932. The standard InChI is InChI=1S/C21H21N3O2/c22-21(25)15-8-10-20(23-13-15)26-19-9-7-16(14-24-11-3-4-12-24)17-5-1-2-6-18(17)19/h1-2,5-10,13H,3-4,11-12,14H2,(H2,22,25). The van der Waals surface area contributed by atoms with Crippen LogP contribution in [0.2, 0.25) is 0 Å². The number of aromatic nitrogens is 1. The van der Waals surface area contributed by atoms with E-state index < -0.39 is 5.91 Å². The highest BCUT2D eigenvalue weighted by Gasteiger charge is 2.15. The first kappa shape index (κ1) is 16.5. The number of likely N-dealkylation sites (tertiary alicyclic amines) is 1. The molecule has 3 aromatic rings. The summed E-state index contributed by atoms with van der Waals surface area (Å²) >= 11 is 0. The van der Waals surface area contributed by atoms with E-state index in [2.05, 4.69) is 34.1 Å². The Balaban J connectivity index is 1.64. The van der Waals surface area contributed by atoms with Gasteiger partial charge < -0.3 is 10.5 Å². The molecule has 4 rings (SSSR count). The van der Waals surface area contributed by atoms with Crippen LogP contribution in [0.3, 0.4) is 0 Å². The van der Waals surface area contributed by atoms with E-state index in [1.807, 2.05) is 12.1 Å². The van der Waals surface area contributed by atoms with E-state index in [0.717, 1.165) is 17.7 Å². The fraction of sp³-hybridized carbons (Fsp3) is 0.238. The molecule has 0 aliphatic carbocycles. The van der Waals surface area contributed by atoms with Gasteiger partial charge in [-0.15, -0.1) is 0 Å². The van der Waals surface area contributed by atoms with E-state index in [1.54, 1.807) is 12.1 Å². The molecule has 2 heterocycles. The van der Waals surface area contributed by atoms with Gasteiger partial charge in [0.05, 0.1) is 5.56 Å². The molecule has 1 saturated heterocycles. The lowest BCUT2D eigenvalue weighted by atomic mass is 10.0. The van der Waals surface area contributed by atoms with E-state index in [-0.39, 0.29) is 0 Å². The van der Waals surface area contributed by atoms with Crippen LogP contribution in [0.25, 0.3) is 10.8 Å². The Morgan fingerprint density at radius 1 is 1.04 bits per heavy atom. The number of hydrogen-bond donors (Lipinski definition) is 1. The summed E-state index contributed by atoms with van der Waals surface area (Å²) in [7, 11) is 0. The lowest BCUT2D eigenvalue weighted by molar-refractivity contribution is 0.1000. The first-order valence-corrected chi connectivity index (χ1v) is 8.87. The van der Waals surface area contributed by atoms with Crippen LogP contribution >= 0.6 is 0 Å². The maximum Gasteiger partial charge on any atom is 0.250 e. The highest BCUT2D eigenvalue weighted by Crippen LogP contribution is 2.32. The summed E-state index contributed by atoms with van der Waals surface area (Å²) in [6.07, 6.45) is 4.00. The molecule has 26 heavy (non-hydrogen) atoms. The number of nitrogens with two attached hydrogens (primary N) is 1. The summed E-state index contributed by atoms with van der Waals surface area (Å²) in [4.78, 5) is 17.8. The minimum Gasteiger partial charge on any atom is -0.438 e. The highest BCUT2D eigenvalue weighted by molar-refractivity contribution is 5.92. The van der Waals surface area contributed by atoms with Gasteiger partial charge in [-0.2, -0.15) is 0 Å². The molecule has 0 atom stereocenters. The summed E-state index contributed by atoms with van der Waals surface area (Å²) in [5, 5.41) is 2.26. The zero-order valence-electron chi connectivity index (χ0n) is 14.5. The SMILES string of the molecule is NC(=O)c1ccc(Oc2ccc(CN3CCCC3)c3ccccc23)nc1. The van der Waals surface area contributed by atoms with Crippen molar-refractivity contribution < 1.29 is 9.53 Å². The van der Waals surface area contributed by atoms with Crippen molar-refractivity contribution in [2.75, 3.05) is 13.1 Å². The van der Waals surface area contributed by atoms with Crippen molar-refractivity contribution >= 4 is 16.7 Å². The number of primary amides is 1. The molecule has 0 spiro atoms. The fourth-order valence-electron chi connectivity index (χ4n) is 3.44. The third kappa shape index (κ3) is 3.39. The van der Waals surface area contributed by atoms with Gasteiger partial charge >= 0.3 is 0 Å². The molecule has 0 unspecified atom stereocenters. The number of hydrogen-bond acceptors (Lipinski definition) is 4. The van der Waals surface area contributed by atoms with Crippen molar-refractivity contribution in [2.24, 2.45) is 5.73 Å². The number of nitrogens with zero attached hydrogens (tertiary/aromatic N) is 2. The second-order valence-corrected chi connectivity index (χ2v) is 6.60. The maximum atomic E-state index is 11.2. The number of amides is 1. The minimum absolute atomic E-state index is 0.364. The van der Waals surface area contributed by atoms with Crippen molar-refractivity contribution in [2.45, 2.75) is 19.4 Å². The molecule has 2 N–H and O–H groups in total. The largest absolute Gasteiger partial charge is 0.438 e. The van der Waals surface area contributed by atoms with Crippen LogP contribution < -0.4 is 10.5 Å². The number of ether oxygens (including phenoxy) is 1. The molecular weight excluding hydrogens is 326 g/mol. The third-order valence-electron chi connectivity index (χ3n) is 4.80. The summed E-state index contributed by atoms with van der Waals surface area (Å²) in [6, 6.07) is 15.7. The zero-order chi connectivity index (χ0) is 17.9. The van der Waals surface area contributed by atoms with Crippen LogP contribution in [0.4, 0.5) is 0 Å². The van der Waals surface area contributed by atoms with Gasteiger partial charge in [0, 0.05) is 24.2 Å². The van der Waals surface area contributed by atoms with Crippen molar-refractivity contribution in [3.8, 4) is 11.6 Å². The second-order valence-electron chi connectivity index (χ2n) is 6.60. The van der Waals surface area contributed by atoms with Gasteiger partial charge in [0.1, 0.15) is 5.75 Å². The Morgan fingerprint density at radius 3 is 2.50 bits per heavy atom. The number of fused-ring (bicyclic) bond motifs is 1. The van der Waals surface area contributed by atoms with Gasteiger partial charge in [-0.1, -0.05) is 30.3 Å². The molecule has 1 amide bonds. The fourth-order valence-corrected chi connectivity index (χ4v) is 3.44. The molecule has 5 nitrogen and oxygen atoms in total. The summed E-state index contributed by atoms with van der Waals surface area (Å²) in [6.45, 7) is 3.30. The van der Waals surface area contributed by atoms with Crippen LogP contribution in [0.1, 0.15) is 28.8 Å². The Labute approximate surface area is 152 Å². The number of carbonyl (C=O) groups is 1. The van der Waals surface area contributed by atoms with Crippen LogP contribution in [0.5, 0.6) is 11.6 Å². The van der Waals surface area contributed by atoms with Gasteiger partial charge in [-0.3, -0.25) is 9.69 Å². The molecule has 0 saturated carbocycles. The van der Waals surface area contributed by atoms with Gasteiger partial charge in [0.15, 0.2) is 0 Å². The summed E-state index contributed by atoms with van der Waals surface area (Å²) in [5.74, 6) is 0.693. The first-order chi connectivity index (χ1) is 12.7. The van der Waals surface area contributed by atoms with Crippen LogP contribution in [0, 0.1) is 0 Å². The molecular formula is C21H21N3O2. The predicted octanol–water partition coefficient (Wildman–Crippen LogP) is 3.72. The zero-order valence-corrected chi connectivity index (χ0v) is 14.5. The lowest BCUT2D eigenvalue weighted by Gasteiger charge is -2.17. The Kier molecular flexibility index (Phi) is 4.54. The average Bonchev–Trinajstić information content (AvgIpc) is 3.17. The predicted molar refractivity (Wildman–Crippen MR) is 101 cm³/mol. The molecule has 0 radical (unpaired) electrons. The maximum absolute atomic E-state index is 11.2. The molecule has 5 heteroatoms. The molecule has 132 valence electrons. The average molecular weight is 347 g/mol. The highest BCUT2D eigenvalue weighted by atomic mass is 16.5. The van der Waals surface area contributed by atoms with E-state index in [1.165, 1.54) is 43.1 Å². The van der Waals surface area contributed by atoms with E-state index in [9.17, 15) is 4.79 Å². The van der Waals surface area contributed by atoms with Crippen LogP contribution in [-0.4, -0.2) is 28.9 Å². The molecule has 1 aromatic heterocycles. The van der Waals surface area contributed by atoms with E-state index in [0.29, 0.717) is 11.4 Å². The third-order valence-corrected chi connectivity index (χ3v) is 4.80. The molecule has 0 bridgehead atoms. The molecule has 1 fully saturated rings. The minimum atomic E-state index is -0.499. The quantitative estimate of drug-likeness (QED) is 0.764. The van der Waals surface area contributed by atoms with Crippen molar-refractivity contribution in [1.82, 2.24) is 9.88 Å². The number of carbonyl (C=O) groups excluding carboxylic acids is 1. The van der Waals surface area contributed by atoms with Gasteiger partial charge in [-0.05, 0) is 49.0 Å². The van der Waals surface area contributed by atoms with Crippen LogP contribution in [0.15, 0.2) is 54.7 Å². The number of pyridine rings is 1. The smallest absolute Gasteiger partial charge is 0.250 e. The topological polar surface area (TPSA) is 68.5 Å². The van der Waals surface area contributed by atoms with Crippen molar-refractivity contribution in [3.05, 3.63) is 65.9 Å². The summed E-state index contributed by atoms with van der Waals surface area (Å²) < 4.78 is 5.97. The van der Waals surface area contributed by atoms with Crippen molar-refractivity contribution in [3.63, 3.8) is 0 Å². The normalized spacial score (nSPS) is 14.6. The van der Waals surface area contributed by atoms with Crippen molar-refractivity contribution in [1.29, 1.82) is 0 Å². The van der Waals surface area contributed by atoms with E-state index >= 15 is 0 Å². The van der Waals surface area contributed by atoms with Crippen LogP contribution in [-0.2, 0) is 6.54 Å². The first-order valence-electron chi connectivity index (χ1n) is 8.87. The van der Waals surface area contributed by atoms with Gasteiger partial charge in [0.2, 0.25) is 11.8 Å².